The normalized spacial score (nSPS) is 21.4. The standard InChI is InChI=1S/C22H22N2O4/c25-20(15-6-7-15)23-17-10-8-16(9-11-17)21(26)24-12-18(19(13-24)22(27)28)14-4-2-1-3-5-14/h1-5,8-11,15,18-19H,6-7,12-13H2,(H,23,25)(H,27,28)/t18-,19-/m1/s1. The van der Waals surface area contributed by atoms with Gasteiger partial charge in [-0.1, -0.05) is 30.3 Å². The van der Waals surface area contributed by atoms with Crippen molar-refractivity contribution in [2.45, 2.75) is 18.8 Å². The monoisotopic (exact) mass is 378 g/mol. The maximum absolute atomic E-state index is 12.9. The summed E-state index contributed by atoms with van der Waals surface area (Å²) >= 11 is 0. The Morgan fingerprint density at radius 3 is 2.21 bits per heavy atom. The summed E-state index contributed by atoms with van der Waals surface area (Å²) in [6.07, 6.45) is 1.87. The highest BCUT2D eigenvalue weighted by Gasteiger charge is 2.40. The number of aliphatic carboxylic acids is 1. The molecule has 1 saturated carbocycles. The first kappa shape index (κ1) is 18.2. The van der Waals surface area contributed by atoms with Crippen LogP contribution in [-0.4, -0.2) is 40.9 Å². The van der Waals surface area contributed by atoms with Gasteiger partial charge < -0.3 is 15.3 Å². The van der Waals surface area contributed by atoms with Gasteiger partial charge in [0.15, 0.2) is 0 Å². The molecule has 2 aromatic rings. The highest BCUT2D eigenvalue weighted by atomic mass is 16.4. The van der Waals surface area contributed by atoms with Crippen molar-refractivity contribution < 1.29 is 19.5 Å². The van der Waals surface area contributed by atoms with Crippen molar-refractivity contribution in [3.8, 4) is 0 Å². The van der Waals surface area contributed by atoms with E-state index in [2.05, 4.69) is 5.32 Å². The van der Waals surface area contributed by atoms with Gasteiger partial charge in [-0.3, -0.25) is 14.4 Å². The van der Waals surface area contributed by atoms with Crippen molar-refractivity contribution in [1.29, 1.82) is 0 Å². The molecule has 2 atom stereocenters. The average Bonchev–Trinajstić information content (AvgIpc) is 3.47. The zero-order valence-corrected chi connectivity index (χ0v) is 15.4. The third-order valence-electron chi connectivity index (χ3n) is 5.50. The lowest BCUT2D eigenvalue weighted by atomic mass is 9.89. The maximum Gasteiger partial charge on any atom is 0.308 e. The molecule has 0 aromatic heterocycles. The zero-order chi connectivity index (χ0) is 19.7. The van der Waals surface area contributed by atoms with E-state index in [0.29, 0.717) is 17.8 Å². The summed E-state index contributed by atoms with van der Waals surface area (Å²) < 4.78 is 0. The molecule has 0 unspecified atom stereocenters. The van der Waals surface area contributed by atoms with Crippen molar-refractivity contribution in [2.75, 3.05) is 18.4 Å². The predicted molar refractivity (Wildman–Crippen MR) is 104 cm³/mol. The predicted octanol–water partition coefficient (Wildman–Crippen LogP) is 2.98. The molecule has 0 spiro atoms. The van der Waals surface area contributed by atoms with Crippen LogP contribution in [0.25, 0.3) is 0 Å². The second-order valence-electron chi connectivity index (χ2n) is 7.51. The van der Waals surface area contributed by atoms with Gasteiger partial charge in [-0.25, -0.2) is 0 Å². The minimum absolute atomic E-state index is 0.0219. The maximum atomic E-state index is 12.9. The fourth-order valence-corrected chi connectivity index (χ4v) is 3.73. The van der Waals surface area contributed by atoms with E-state index in [0.717, 1.165) is 18.4 Å². The number of rotatable bonds is 5. The topological polar surface area (TPSA) is 86.7 Å². The Morgan fingerprint density at radius 2 is 1.61 bits per heavy atom. The van der Waals surface area contributed by atoms with Crippen LogP contribution in [-0.2, 0) is 9.59 Å². The Labute approximate surface area is 163 Å². The molecule has 28 heavy (non-hydrogen) atoms. The van der Waals surface area contributed by atoms with Crippen LogP contribution in [0.15, 0.2) is 54.6 Å². The summed E-state index contributed by atoms with van der Waals surface area (Å²) in [5.41, 5.74) is 2.09. The number of benzene rings is 2. The fraction of sp³-hybridized carbons (Fsp3) is 0.318. The second-order valence-corrected chi connectivity index (χ2v) is 7.51. The smallest absolute Gasteiger partial charge is 0.308 e. The number of anilines is 1. The van der Waals surface area contributed by atoms with Gasteiger partial charge in [-0.15, -0.1) is 0 Å². The number of carbonyl (C=O) groups excluding carboxylic acids is 2. The molecule has 6 heteroatoms. The molecule has 2 N–H and O–H groups in total. The number of nitrogens with one attached hydrogen (secondary N) is 1. The minimum atomic E-state index is -0.887. The second kappa shape index (κ2) is 7.46. The first-order chi connectivity index (χ1) is 13.5. The van der Waals surface area contributed by atoms with Crippen molar-refractivity contribution >= 4 is 23.5 Å². The van der Waals surface area contributed by atoms with Crippen molar-refractivity contribution in [3.63, 3.8) is 0 Å². The van der Waals surface area contributed by atoms with Gasteiger partial charge in [0.05, 0.1) is 5.92 Å². The number of carboxylic acids is 1. The molecule has 2 amide bonds. The quantitative estimate of drug-likeness (QED) is 0.837. The minimum Gasteiger partial charge on any atom is -0.481 e. The summed E-state index contributed by atoms with van der Waals surface area (Å²) in [4.78, 5) is 38.0. The van der Waals surface area contributed by atoms with Crippen molar-refractivity contribution in [3.05, 3.63) is 65.7 Å². The largest absolute Gasteiger partial charge is 0.481 e. The highest BCUT2D eigenvalue weighted by Crippen LogP contribution is 2.34. The number of hydrogen-bond acceptors (Lipinski definition) is 3. The number of likely N-dealkylation sites (tertiary alicyclic amines) is 1. The lowest BCUT2D eigenvalue weighted by Crippen LogP contribution is -2.29. The van der Waals surface area contributed by atoms with Crippen LogP contribution in [0.3, 0.4) is 0 Å². The number of nitrogens with zero attached hydrogens (tertiary/aromatic N) is 1. The van der Waals surface area contributed by atoms with Crippen LogP contribution in [0.5, 0.6) is 0 Å². The number of carboxylic acid groups (broad SMARTS) is 1. The van der Waals surface area contributed by atoms with E-state index >= 15 is 0 Å². The summed E-state index contributed by atoms with van der Waals surface area (Å²) in [7, 11) is 0. The summed E-state index contributed by atoms with van der Waals surface area (Å²) in [5.74, 6) is -1.78. The molecule has 4 rings (SSSR count). The molecule has 2 aliphatic rings. The Balaban J connectivity index is 1.46. The van der Waals surface area contributed by atoms with Crippen LogP contribution in [0.2, 0.25) is 0 Å². The summed E-state index contributed by atoms with van der Waals surface area (Å²) in [5, 5.41) is 12.5. The molecule has 1 aliphatic heterocycles. The molecule has 1 heterocycles. The van der Waals surface area contributed by atoms with Crippen LogP contribution >= 0.6 is 0 Å². The van der Waals surface area contributed by atoms with Gasteiger partial charge in [0.25, 0.3) is 5.91 Å². The van der Waals surface area contributed by atoms with Crippen LogP contribution in [0.4, 0.5) is 5.69 Å². The Kier molecular flexibility index (Phi) is 4.86. The van der Waals surface area contributed by atoms with E-state index in [4.69, 9.17) is 0 Å². The van der Waals surface area contributed by atoms with E-state index in [1.54, 1.807) is 29.2 Å². The molecule has 144 valence electrons. The van der Waals surface area contributed by atoms with Crippen molar-refractivity contribution in [2.24, 2.45) is 11.8 Å². The first-order valence-corrected chi connectivity index (χ1v) is 9.51. The molecule has 1 saturated heterocycles. The van der Waals surface area contributed by atoms with Gasteiger partial charge in [0.2, 0.25) is 5.91 Å². The molecule has 6 nitrogen and oxygen atoms in total. The van der Waals surface area contributed by atoms with Crippen LogP contribution < -0.4 is 5.32 Å². The molecule has 0 bridgehead atoms. The van der Waals surface area contributed by atoms with Crippen LogP contribution in [0, 0.1) is 11.8 Å². The van der Waals surface area contributed by atoms with Gasteiger partial charge in [0, 0.05) is 36.2 Å². The number of hydrogen-bond donors (Lipinski definition) is 2. The van der Waals surface area contributed by atoms with Gasteiger partial charge >= 0.3 is 5.97 Å². The van der Waals surface area contributed by atoms with Gasteiger partial charge in [-0.05, 0) is 42.7 Å². The van der Waals surface area contributed by atoms with E-state index < -0.39 is 11.9 Å². The number of carbonyl (C=O) groups is 3. The lowest BCUT2D eigenvalue weighted by Gasteiger charge is -2.17. The fourth-order valence-electron chi connectivity index (χ4n) is 3.73. The molecule has 0 radical (unpaired) electrons. The third-order valence-corrected chi connectivity index (χ3v) is 5.50. The Hall–Kier alpha value is -3.15. The average molecular weight is 378 g/mol. The molecular weight excluding hydrogens is 356 g/mol. The first-order valence-electron chi connectivity index (χ1n) is 9.51. The molecule has 1 aliphatic carbocycles. The zero-order valence-electron chi connectivity index (χ0n) is 15.4. The van der Waals surface area contributed by atoms with Gasteiger partial charge in [-0.2, -0.15) is 0 Å². The summed E-state index contributed by atoms with van der Waals surface area (Å²) in [6.45, 7) is 0.563. The lowest BCUT2D eigenvalue weighted by molar-refractivity contribution is -0.141. The van der Waals surface area contributed by atoms with E-state index in [9.17, 15) is 19.5 Å². The third kappa shape index (κ3) is 3.76. The highest BCUT2D eigenvalue weighted by molar-refractivity contribution is 5.97. The van der Waals surface area contributed by atoms with E-state index in [1.165, 1.54) is 0 Å². The van der Waals surface area contributed by atoms with E-state index in [-0.39, 0.29) is 30.2 Å². The SMILES string of the molecule is O=C(Nc1ccc(C(=O)N2C[C@H](c3ccccc3)[C@H](C(=O)O)C2)cc1)C1CC1. The van der Waals surface area contributed by atoms with E-state index in [1.807, 2.05) is 30.3 Å². The Morgan fingerprint density at radius 1 is 0.929 bits per heavy atom. The number of amides is 2. The van der Waals surface area contributed by atoms with Crippen molar-refractivity contribution in [1.82, 2.24) is 4.90 Å². The van der Waals surface area contributed by atoms with Gasteiger partial charge in [0.1, 0.15) is 0 Å². The molecule has 2 fully saturated rings. The summed E-state index contributed by atoms with van der Waals surface area (Å²) in [6, 6.07) is 16.3. The van der Waals surface area contributed by atoms with Crippen LogP contribution in [0.1, 0.15) is 34.7 Å². The Bertz CT molecular complexity index is 891. The molecular formula is C22H22N2O4. The molecule has 2 aromatic carbocycles.